The smallest absolute Gasteiger partial charge is 0.238 e. The van der Waals surface area contributed by atoms with E-state index in [-0.39, 0.29) is 19.0 Å². The van der Waals surface area contributed by atoms with Crippen LogP contribution in [0.3, 0.4) is 0 Å². The van der Waals surface area contributed by atoms with E-state index in [1.807, 2.05) is 44.2 Å². The number of likely N-dealkylation sites (N-methyl/N-ethyl adjacent to an activating group) is 1. The Kier molecular flexibility index (Phi) is 5.18. The number of hydrogen-bond acceptors (Lipinski definition) is 3. The lowest BCUT2D eigenvalue weighted by Gasteiger charge is -2.16. The summed E-state index contributed by atoms with van der Waals surface area (Å²) in [5, 5.41) is 11.4. The molecular weight excluding hydrogens is 214 g/mol. The van der Waals surface area contributed by atoms with Crippen molar-refractivity contribution in [3.63, 3.8) is 0 Å². The number of nitrogens with one attached hydrogen (secondary N) is 1. The quantitative estimate of drug-likeness (QED) is 0.786. The van der Waals surface area contributed by atoms with E-state index in [0.29, 0.717) is 6.54 Å². The highest BCUT2D eigenvalue weighted by Crippen LogP contribution is 2.09. The molecule has 0 fully saturated rings. The Morgan fingerprint density at radius 3 is 2.88 bits per heavy atom. The molecule has 0 bridgehead atoms. The van der Waals surface area contributed by atoms with Gasteiger partial charge in [0, 0.05) is 5.69 Å². The van der Waals surface area contributed by atoms with E-state index >= 15 is 0 Å². The molecule has 4 nitrogen and oxygen atoms in total. The van der Waals surface area contributed by atoms with Crippen LogP contribution in [-0.4, -0.2) is 30.4 Å². The molecule has 1 amide bonds. The van der Waals surface area contributed by atoms with Gasteiger partial charge in [-0.15, -0.1) is 0 Å². The molecule has 0 atom stereocenters. The maximum Gasteiger partial charge on any atom is 0.238 e. The van der Waals surface area contributed by atoms with Gasteiger partial charge in [-0.25, -0.2) is 0 Å². The largest absolute Gasteiger partial charge is 0.325 e. The van der Waals surface area contributed by atoms with Gasteiger partial charge in [0.25, 0.3) is 0 Å². The predicted molar refractivity (Wildman–Crippen MR) is 67.5 cm³/mol. The number of benzene rings is 1. The number of rotatable bonds is 5. The normalized spacial score (nSPS) is 10.0. The Morgan fingerprint density at radius 2 is 2.29 bits per heavy atom. The van der Waals surface area contributed by atoms with Gasteiger partial charge < -0.3 is 5.32 Å². The van der Waals surface area contributed by atoms with Crippen molar-refractivity contribution in [2.24, 2.45) is 0 Å². The zero-order valence-corrected chi connectivity index (χ0v) is 10.2. The molecule has 0 aliphatic carbocycles. The average Bonchev–Trinajstić information content (AvgIpc) is 2.28. The highest BCUT2D eigenvalue weighted by atomic mass is 16.2. The van der Waals surface area contributed by atoms with Crippen LogP contribution in [0.25, 0.3) is 0 Å². The number of carbonyl (C=O) groups excluding carboxylic acids is 1. The number of nitrogens with zero attached hydrogens (tertiary/aromatic N) is 2. The van der Waals surface area contributed by atoms with Crippen LogP contribution >= 0.6 is 0 Å². The third-order valence-corrected chi connectivity index (χ3v) is 2.41. The first-order valence-electron chi connectivity index (χ1n) is 5.61. The maximum atomic E-state index is 11.7. The van der Waals surface area contributed by atoms with Crippen molar-refractivity contribution in [3.05, 3.63) is 29.8 Å². The third-order valence-electron chi connectivity index (χ3n) is 2.41. The van der Waals surface area contributed by atoms with Gasteiger partial charge in [-0.2, -0.15) is 5.26 Å². The summed E-state index contributed by atoms with van der Waals surface area (Å²) in [5.74, 6) is -0.0901. The van der Waals surface area contributed by atoms with Gasteiger partial charge in [-0.1, -0.05) is 19.1 Å². The molecule has 17 heavy (non-hydrogen) atoms. The fraction of sp³-hybridized carbons (Fsp3) is 0.385. The molecule has 0 radical (unpaired) electrons. The Bertz CT molecular complexity index is 423. The average molecular weight is 231 g/mol. The van der Waals surface area contributed by atoms with Gasteiger partial charge in [0.1, 0.15) is 0 Å². The highest BCUT2D eigenvalue weighted by Gasteiger charge is 2.08. The van der Waals surface area contributed by atoms with Crippen LogP contribution in [0.5, 0.6) is 0 Å². The molecule has 1 aromatic carbocycles. The lowest BCUT2D eigenvalue weighted by atomic mass is 10.2. The summed E-state index contributed by atoms with van der Waals surface area (Å²) >= 11 is 0. The summed E-state index contributed by atoms with van der Waals surface area (Å²) in [6.07, 6.45) is 0. The molecule has 1 rings (SSSR count). The fourth-order valence-electron chi connectivity index (χ4n) is 1.51. The molecule has 0 aliphatic rings. The first-order chi connectivity index (χ1) is 8.15. The topological polar surface area (TPSA) is 56.1 Å². The Hall–Kier alpha value is -1.86. The second kappa shape index (κ2) is 6.66. The monoisotopic (exact) mass is 231 g/mol. The molecule has 0 aliphatic heterocycles. The molecule has 4 heteroatoms. The predicted octanol–water partition coefficient (Wildman–Crippen LogP) is 1.78. The van der Waals surface area contributed by atoms with E-state index in [4.69, 9.17) is 5.26 Å². The molecule has 0 aromatic heterocycles. The fourth-order valence-corrected chi connectivity index (χ4v) is 1.51. The van der Waals surface area contributed by atoms with Crippen molar-refractivity contribution in [1.29, 1.82) is 5.26 Å². The number of carbonyl (C=O) groups is 1. The Morgan fingerprint density at radius 1 is 1.53 bits per heavy atom. The van der Waals surface area contributed by atoms with E-state index in [2.05, 4.69) is 5.32 Å². The van der Waals surface area contributed by atoms with Gasteiger partial charge in [0.15, 0.2) is 0 Å². The molecule has 90 valence electrons. The molecular formula is C13H17N3O. The summed E-state index contributed by atoms with van der Waals surface area (Å²) in [4.78, 5) is 13.5. The molecule has 1 aromatic rings. The van der Waals surface area contributed by atoms with Crippen molar-refractivity contribution in [1.82, 2.24) is 4.90 Å². The van der Waals surface area contributed by atoms with Crippen LogP contribution < -0.4 is 5.32 Å². The minimum atomic E-state index is -0.0901. The number of anilines is 1. The van der Waals surface area contributed by atoms with E-state index in [0.717, 1.165) is 11.3 Å². The van der Waals surface area contributed by atoms with Crippen LogP contribution in [0.1, 0.15) is 12.5 Å². The number of hydrogen-bond donors (Lipinski definition) is 1. The van der Waals surface area contributed by atoms with Gasteiger partial charge in [-0.3, -0.25) is 9.69 Å². The number of amides is 1. The molecule has 0 heterocycles. The van der Waals surface area contributed by atoms with Crippen LogP contribution in [-0.2, 0) is 4.79 Å². The van der Waals surface area contributed by atoms with Gasteiger partial charge in [0.05, 0.1) is 19.2 Å². The van der Waals surface area contributed by atoms with Crippen molar-refractivity contribution < 1.29 is 4.79 Å². The molecule has 0 saturated carbocycles. The summed E-state index contributed by atoms with van der Waals surface area (Å²) in [5.41, 5.74) is 1.90. The van der Waals surface area contributed by atoms with Crippen LogP contribution in [0, 0.1) is 18.3 Å². The number of nitriles is 1. The zero-order chi connectivity index (χ0) is 12.7. The first kappa shape index (κ1) is 13.2. The summed E-state index contributed by atoms with van der Waals surface area (Å²) in [6, 6.07) is 9.69. The SMILES string of the molecule is CCN(CC#N)CC(=O)Nc1cccc(C)c1. The van der Waals surface area contributed by atoms with Crippen molar-refractivity contribution in [2.75, 3.05) is 25.0 Å². The molecule has 0 spiro atoms. The Labute approximate surface area is 102 Å². The van der Waals surface area contributed by atoms with Crippen molar-refractivity contribution in [2.45, 2.75) is 13.8 Å². The van der Waals surface area contributed by atoms with E-state index in [1.54, 1.807) is 4.90 Å². The van der Waals surface area contributed by atoms with Crippen LogP contribution in [0.4, 0.5) is 5.69 Å². The summed E-state index contributed by atoms with van der Waals surface area (Å²) in [6.45, 7) is 5.12. The van der Waals surface area contributed by atoms with Gasteiger partial charge in [-0.05, 0) is 31.2 Å². The Balaban J connectivity index is 2.52. The number of aryl methyl sites for hydroxylation is 1. The third kappa shape index (κ3) is 4.66. The van der Waals surface area contributed by atoms with Crippen LogP contribution in [0.2, 0.25) is 0 Å². The van der Waals surface area contributed by atoms with Gasteiger partial charge >= 0.3 is 0 Å². The molecule has 0 unspecified atom stereocenters. The van der Waals surface area contributed by atoms with E-state index in [1.165, 1.54) is 0 Å². The van der Waals surface area contributed by atoms with Crippen molar-refractivity contribution >= 4 is 11.6 Å². The molecule has 0 saturated heterocycles. The lowest BCUT2D eigenvalue weighted by molar-refractivity contribution is -0.117. The van der Waals surface area contributed by atoms with E-state index in [9.17, 15) is 4.79 Å². The minimum absolute atomic E-state index is 0.0901. The van der Waals surface area contributed by atoms with Gasteiger partial charge in [0.2, 0.25) is 5.91 Å². The summed E-state index contributed by atoms with van der Waals surface area (Å²) in [7, 11) is 0. The second-order valence-corrected chi connectivity index (χ2v) is 3.88. The zero-order valence-electron chi connectivity index (χ0n) is 10.2. The van der Waals surface area contributed by atoms with E-state index < -0.39 is 0 Å². The molecule has 1 N–H and O–H groups in total. The maximum absolute atomic E-state index is 11.7. The minimum Gasteiger partial charge on any atom is -0.325 e. The highest BCUT2D eigenvalue weighted by molar-refractivity contribution is 5.92. The second-order valence-electron chi connectivity index (χ2n) is 3.88. The first-order valence-corrected chi connectivity index (χ1v) is 5.61. The standard InChI is InChI=1S/C13H17N3O/c1-3-16(8-7-14)10-13(17)15-12-6-4-5-11(2)9-12/h4-6,9H,3,8,10H2,1-2H3,(H,15,17). The lowest BCUT2D eigenvalue weighted by Crippen LogP contribution is -2.33. The van der Waals surface area contributed by atoms with Crippen molar-refractivity contribution in [3.8, 4) is 6.07 Å². The van der Waals surface area contributed by atoms with Crippen LogP contribution in [0.15, 0.2) is 24.3 Å². The summed E-state index contributed by atoms with van der Waals surface area (Å²) < 4.78 is 0.